The molecular formula is C15H22N4O3. The Bertz CT molecular complexity index is 610. The molecule has 0 spiro atoms. The summed E-state index contributed by atoms with van der Waals surface area (Å²) in [5.41, 5.74) is 0.218. The number of carbonyl (C=O) groups is 1. The van der Waals surface area contributed by atoms with Gasteiger partial charge >= 0.3 is 0 Å². The number of hydrogen-bond donors (Lipinski definition) is 1. The van der Waals surface area contributed by atoms with Crippen LogP contribution in [-0.2, 0) is 11.8 Å². The summed E-state index contributed by atoms with van der Waals surface area (Å²) >= 11 is 0. The number of epoxide rings is 1. The van der Waals surface area contributed by atoms with Crippen molar-refractivity contribution in [1.29, 1.82) is 0 Å². The van der Waals surface area contributed by atoms with Crippen LogP contribution >= 0.6 is 0 Å². The van der Waals surface area contributed by atoms with Crippen LogP contribution in [0.25, 0.3) is 0 Å². The summed E-state index contributed by atoms with van der Waals surface area (Å²) in [5, 5.41) is 9.87. The van der Waals surface area contributed by atoms with Crippen molar-refractivity contribution in [2.45, 2.75) is 50.2 Å². The third-order valence-electron chi connectivity index (χ3n) is 4.97. The van der Waals surface area contributed by atoms with Crippen LogP contribution in [0.1, 0.15) is 42.6 Å². The van der Waals surface area contributed by atoms with Crippen LogP contribution in [0.15, 0.2) is 6.33 Å². The molecule has 22 heavy (non-hydrogen) atoms. The summed E-state index contributed by atoms with van der Waals surface area (Å²) in [7, 11) is 3.76. The zero-order valence-corrected chi connectivity index (χ0v) is 13.0. The zero-order chi connectivity index (χ0) is 15.5. The number of aliphatic hydroxyl groups is 1. The van der Waals surface area contributed by atoms with Gasteiger partial charge in [-0.15, -0.1) is 0 Å². The monoisotopic (exact) mass is 306 g/mol. The van der Waals surface area contributed by atoms with Crippen molar-refractivity contribution in [2.75, 3.05) is 18.5 Å². The van der Waals surface area contributed by atoms with Gasteiger partial charge in [-0.2, -0.15) is 0 Å². The fraction of sp³-hybridized carbons (Fsp3) is 0.733. The van der Waals surface area contributed by atoms with E-state index in [0.29, 0.717) is 18.1 Å². The van der Waals surface area contributed by atoms with Crippen LogP contribution in [0, 0.1) is 0 Å². The lowest BCUT2D eigenvalue weighted by molar-refractivity contribution is 0.0652. The lowest BCUT2D eigenvalue weighted by atomic mass is 10.1. The van der Waals surface area contributed by atoms with Gasteiger partial charge in [0, 0.05) is 20.6 Å². The number of aromatic nitrogens is 2. The predicted octanol–water partition coefficient (Wildman–Crippen LogP) is 0.690. The fourth-order valence-corrected chi connectivity index (χ4v) is 3.26. The van der Waals surface area contributed by atoms with E-state index in [4.69, 9.17) is 4.74 Å². The Balaban J connectivity index is 1.46. The highest BCUT2D eigenvalue weighted by Gasteiger charge is 2.53. The normalized spacial score (nSPS) is 28.2. The van der Waals surface area contributed by atoms with E-state index in [1.807, 2.05) is 23.9 Å². The van der Waals surface area contributed by atoms with Gasteiger partial charge in [0.2, 0.25) is 0 Å². The Kier molecular flexibility index (Phi) is 2.99. The summed E-state index contributed by atoms with van der Waals surface area (Å²) in [6, 6.07) is 0. The quantitative estimate of drug-likeness (QED) is 0.640. The molecule has 1 N–H and O–H groups in total. The number of unbranched alkanes of at least 4 members (excludes halogenated alkanes) is 1. The van der Waals surface area contributed by atoms with Gasteiger partial charge in [-0.25, -0.2) is 4.98 Å². The van der Waals surface area contributed by atoms with E-state index >= 15 is 0 Å². The second-order valence-electron chi connectivity index (χ2n) is 6.74. The fourth-order valence-electron chi connectivity index (χ4n) is 3.26. The molecule has 0 bridgehead atoms. The third kappa shape index (κ3) is 2.19. The molecule has 3 aliphatic rings. The van der Waals surface area contributed by atoms with Crippen LogP contribution < -0.4 is 4.90 Å². The molecule has 1 saturated heterocycles. The van der Waals surface area contributed by atoms with Crippen molar-refractivity contribution in [3.63, 3.8) is 0 Å². The molecule has 2 atom stereocenters. The molecule has 3 heterocycles. The van der Waals surface area contributed by atoms with Crippen molar-refractivity contribution in [1.82, 2.24) is 14.5 Å². The number of carbonyl (C=O) groups excluding carboxylic acids is 1. The molecule has 2 fully saturated rings. The smallest absolute Gasteiger partial charge is 0.276 e. The highest BCUT2D eigenvalue weighted by atomic mass is 16.6. The maximum absolute atomic E-state index is 12.8. The molecule has 1 amide bonds. The van der Waals surface area contributed by atoms with Crippen LogP contribution in [0.2, 0.25) is 0 Å². The van der Waals surface area contributed by atoms with Crippen molar-refractivity contribution in [3.05, 3.63) is 12.0 Å². The number of aryl methyl sites for hydroxylation is 1. The van der Waals surface area contributed by atoms with E-state index < -0.39 is 5.60 Å². The van der Waals surface area contributed by atoms with Crippen LogP contribution in [0.3, 0.4) is 0 Å². The minimum atomic E-state index is -0.406. The van der Waals surface area contributed by atoms with E-state index in [-0.39, 0.29) is 18.4 Å². The SMILES string of the molecule is CN1c2ncn(C)c2C(=O)N(CCCCC2(O)CC2)C2OC21. The second-order valence-corrected chi connectivity index (χ2v) is 6.74. The average molecular weight is 306 g/mol. The number of imidazole rings is 1. The molecule has 0 aromatic carbocycles. The van der Waals surface area contributed by atoms with Crippen molar-refractivity contribution >= 4 is 11.7 Å². The largest absolute Gasteiger partial charge is 0.390 e. The van der Waals surface area contributed by atoms with Crippen LogP contribution in [0.5, 0.6) is 0 Å². The number of ether oxygens (including phenoxy) is 1. The molecule has 2 unspecified atom stereocenters. The van der Waals surface area contributed by atoms with Gasteiger partial charge in [0.05, 0.1) is 11.9 Å². The third-order valence-corrected chi connectivity index (χ3v) is 4.97. The molecule has 1 aromatic heterocycles. The second kappa shape index (κ2) is 4.70. The molecular weight excluding hydrogens is 284 g/mol. The standard InChI is InChI=1S/C15H22N4O3/c1-17-9-16-11-10(17)12(20)19(14-13(22-14)18(11)2)8-4-3-5-15(21)6-7-15/h9,13-14,21H,3-8H2,1-2H3. The highest BCUT2D eigenvalue weighted by molar-refractivity contribution is 5.98. The number of hydrogen-bond acceptors (Lipinski definition) is 5. The highest BCUT2D eigenvalue weighted by Crippen LogP contribution is 2.40. The Hall–Kier alpha value is -1.60. The molecule has 7 nitrogen and oxygen atoms in total. The molecule has 4 rings (SSSR count). The Morgan fingerprint density at radius 1 is 1.36 bits per heavy atom. The first-order valence-corrected chi connectivity index (χ1v) is 7.93. The number of anilines is 1. The van der Waals surface area contributed by atoms with Gasteiger partial charge in [0.1, 0.15) is 0 Å². The first-order valence-electron chi connectivity index (χ1n) is 7.93. The van der Waals surface area contributed by atoms with E-state index in [0.717, 1.165) is 32.1 Å². The van der Waals surface area contributed by atoms with E-state index in [9.17, 15) is 9.90 Å². The summed E-state index contributed by atoms with van der Waals surface area (Å²) in [5.74, 6) is 0.673. The lowest BCUT2D eigenvalue weighted by Crippen LogP contribution is -2.36. The van der Waals surface area contributed by atoms with Gasteiger partial charge in [-0.05, 0) is 32.1 Å². The topological polar surface area (TPSA) is 74.1 Å². The summed E-state index contributed by atoms with van der Waals surface area (Å²) in [6.45, 7) is 0.661. The molecule has 0 radical (unpaired) electrons. The van der Waals surface area contributed by atoms with Crippen molar-refractivity contribution < 1.29 is 14.6 Å². The first-order chi connectivity index (χ1) is 10.5. The molecule has 1 aliphatic carbocycles. The number of fused-ring (bicyclic) bond motifs is 2. The number of likely N-dealkylation sites (N-methyl/N-ethyl adjacent to an activating group) is 1. The van der Waals surface area contributed by atoms with Gasteiger partial charge in [-0.3, -0.25) is 4.79 Å². The van der Waals surface area contributed by atoms with Gasteiger partial charge in [0.25, 0.3) is 5.91 Å². The number of amides is 1. The van der Waals surface area contributed by atoms with Crippen molar-refractivity contribution in [3.8, 4) is 0 Å². The predicted molar refractivity (Wildman–Crippen MR) is 79.3 cm³/mol. The Morgan fingerprint density at radius 3 is 2.86 bits per heavy atom. The Morgan fingerprint density at radius 2 is 2.14 bits per heavy atom. The lowest BCUT2D eigenvalue weighted by Gasteiger charge is -2.20. The van der Waals surface area contributed by atoms with E-state index in [1.165, 1.54) is 0 Å². The van der Waals surface area contributed by atoms with Crippen LogP contribution in [0.4, 0.5) is 5.82 Å². The Labute approximate surface area is 129 Å². The van der Waals surface area contributed by atoms with Crippen molar-refractivity contribution in [2.24, 2.45) is 7.05 Å². The summed E-state index contributed by atoms with van der Waals surface area (Å²) < 4.78 is 7.44. The molecule has 7 heteroatoms. The number of nitrogens with zero attached hydrogens (tertiary/aromatic N) is 4. The summed E-state index contributed by atoms with van der Waals surface area (Å²) in [6.07, 6.45) is 5.91. The maximum Gasteiger partial charge on any atom is 0.276 e. The zero-order valence-electron chi connectivity index (χ0n) is 13.0. The molecule has 2 aliphatic heterocycles. The van der Waals surface area contributed by atoms with E-state index in [2.05, 4.69) is 4.98 Å². The van der Waals surface area contributed by atoms with E-state index in [1.54, 1.807) is 10.9 Å². The minimum Gasteiger partial charge on any atom is -0.390 e. The molecule has 1 aromatic rings. The first kappa shape index (κ1) is 14.0. The van der Waals surface area contributed by atoms with Gasteiger partial charge in [-0.1, -0.05) is 0 Å². The average Bonchev–Trinajstić information content (AvgIpc) is 3.38. The van der Waals surface area contributed by atoms with Gasteiger partial charge < -0.3 is 24.2 Å². The maximum atomic E-state index is 12.8. The number of rotatable bonds is 5. The van der Waals surface area contributed by atoms with Crippen LogP contribution in [-0.4, -0.2) is 57.1 Å². The van der Waals surface area contributed by atoms with Gasteiger partial charge in [0.15, 0.2) is 24.0 Å². The molecule has 1 saturated carbocycles. The minimum absolute atomic E-state index is 0.0167. The molecule has 120 valence electrons. The summed E-state index contributed by atoms with van der Waals surface area (Å²) in [4.78, 5) is 20.9.